The highest BCUT2D eigenvalue weighted by Crippen LogP contribution is 2.28. The maximum Gasteiger partial charge on any atom is 0.170 e. The van der Waals surface area contributed by atoms with E-state index in [0.717, 1.165) is 36.5 Å². The molecule has 0 fully saturated rings. The van der Waals surface area contributed by atoms with Crippen LogP contribution in [-0.4, -0.2) is 31.3 Å². The van der Waals surface area contributed by atoms with E-state index in [1.54, 1.807) is 0 Å². The topological polar surface area (TPSA) is 33.5 Å². The van der Waals surface area contributed by atoms with Gasteiger partial charge in [0.15, 0.2) is 5.78 Å². The van der Waals surface area contributed by atoms with Crippen LogP contribution in [0, 0.1) is 12.8 Å². The number of carbonyl (C=O) groups is 1. The SMILES string of the molecule is Cc1cc2c(o1)CCC(CN(C)C)C2=O. The zero-order chi connectivity index (χ0) is 11.0. The van der Waals surface area contributed by atoms with Gasteiger partial charge in [0.2, 0.25) is 0 Å². The maximum atomic E-state index is 12.1. The van der Waals surface area contributed by atoms with E-state index in [1.165, 1.54) is 0 Å². The number of carbonyl (C=O) groups excluding carboxylic acids is 1. The Morgan fingerprint density at radius 3 is 2.93 bits per heavy atom. The minimum absolute atomic E-state index is 0.143. The molecule has 2 rings (SSSR count). The quantitative estimate of drug-likeness (QED) is 0.742. The van der Waals surface area contributed by atoms with Crippen LogP contribution >= 0.6 is 0 Å². The van der Waals surface area contributed by atoms with Gasteiger partial charge >= 0.3 is 0 Å². The number of rotatable bonds is 2. The van der Waals surface area contributed by atoms with Crippen molar-refractivity contribution in [1.29, 1.82) is 0 Å². The van der Waals surface area contributed by atoms with Gasteiger partial charge in [-0.15, -0.1) is 0 Å². The molecular formula is C12H17NO2. The number of fused-ring (bicyclic) bond motifs is 1. The lowest BCUT2D eigenvalue weighted by Gasteiger charge is -2.22. The number of nitrogens with zero attached hydrogens (tertiary/aromatic N) is 1. The summed E-state index contributed by atoms with van der Waals surface area (Å²) in [6, 6.07) is 1.87. The monoisotopic (exact) mass is 207 g/mol. The average molecular weight is 207 g/mol. The van der Waals surface area contributed by atoms with Gasteiger partial charge < -0.3 is 9.32 Å². The molecule has 0 spiro atoms. The summed E-state index contributed by atoms with van der Waals surface area (Å²) in [4.78, 5) is 14.1. The first kappa shape index (κ1) is 10.4. The van der Waals surface area contributed by atoms with Crippen LogP contribution in [0.25, 0.3) is 0 Å². The van der Waals surface area contributed by atoms with Crippen molar-refractivity contribution >= 4 is 5.78 Å². The molecule has 1 aliphatic carbocycles. The summed E-state index contributed by atoms with van der Waals surface area (Å²) >= 11 is 0. The zero-order valence-electron chi connectivity index (χ0n) is 9.54. The van der Waals surface area contributed by atoms with Crippen LogP contribution in [0.4, 0.5) is 0 Å². The van der Waals surface area contributed by atoms with Crippen molar-refractivity contribution in [3.63, 3.8) is 0 Å². The molecular weight excluding hydrogens is 190 g/mol. The fourth-order valence-electron chi connectivity index (χ4n) is 2.23. The standard InChI is InChI=1S/C12H17NO2/c1-8-6-10-11(15-8)5-4-9(12(10)14)7-13(2)3/h6,9H,4-5,7H2,1-3H3. The first-order valence-electron chi connectivity index (χ1n) is 5.36. The third-order valence-electron chi connectivity index (χ3n) is 2.87. The number of furan rings is 1. The van der Waals surface area contributed by atoms with Crippen LogP contribution in [-0.2, 0) is 6.42 Å². The van der Waals surface area contributed by atoms with Gasteiger partial charge in [0, 0.05) is 18.9 Å². The minimum Gasteiger partial charge on any atom is -0.466 e. The predicted octanol–water partition coefficient (Wildman–Crippen LogP) is 1.89. The van der Waals surface area contributed by atoms with Crippen molar-refractivity contribution in [2.75, 3.05) is 20.6 Å². The number of hydrogen-bond donors (Lipinski definition) is 0. The summed E-state index contributed by atoms with van der Waals surface area (Å²) in [6.07, 6.45) is 1.81. The average Bonchev–Trinajstić information content (AvgIpc) is 2.51. The second-order valence-corrected chi connectivity index (χ2v) is 4.56. The zero-order valence-corrected chi connectivity index (χ0v) is 9.54. The Bertz CT molecular complexity index is 379. The fraction of sp³-hybridized carbons (Fsp3) is 0.583. The molecule has 0 saturated heterocycles. The van der Waals surface area contributed by atoms with Gasteiger partial charge in [-0.25, -0.2) is 0 Å². The third-order valence-corrected chi connectivity index (χ3v) is 2.87. The summed E-state index contributed by atoms with van der Waals surface area (Å²) < 4.78 is 5.50. The number of Topliss-reactive ketones (excluding diaryl/α,β-unsaturated/α-hetero) is 1. The molecule has 1 atom stereocenters. The molecule has 0 bridgehead atoms. The summed E-state index contributed by atoms with van der Waals surface area (Å²) in [7, 11) is 4.01. The third kappa shape index (κ3) is 1.97. The molecule has 0 aromatic carbocycles. The van der Waals surface area contributed by atoms with Crippen molar-refractivity contribution in [2.45, 2.75) is 19.8 Å². The van der Waals surface area contributed by atoms with E-state index < -0.39 is 0 Å². The number of aryl methyl sites for hydroxylation is 2. The molecule has 1 aliphatic rings. The van der Waals surface area contributed by atoms with Crippen molar-refractivity contribution in [3.05, 3.63) is 23.2 Å². The van der Waals surface area contributed by atoms with E-state index in [4.69, 9.17) is 4.42 Å². The van der Waals surface area contributed by atoms with Gasteiger partial charge in [-0.05, 0) is 33.5 Å². The number of hydrogen-bond acceptors (Lipinski definition) is 3. The highest BCUT2D eigenvalue weighted by atomic mass is 16.3. The molecule has 0 radical (unpaired) electrons. The van der Waals surface area contributed by atoms with Crippen molar-refractivity contribution < 1.29 is 9.21 Å². The summed E-state index contributed by atoms with van der Waals surface area (Å²) in [5.41, 5.74) is 0.811. The Labute approximate surface area is 90.1 Å². The molecule has 1 aromatic rings. The van der Waals surface area contributed by atoms with E-state index in [9.17, 15) is 4.79 Å². The lowest BCUT2D eigenvalue weighted by Crippen LogP contribution is -2.31. The molecule has 0 aliphatic heterocycles. The van der Waals surface area contributed by atoms with Crippen LogP contribution in [0.1, 0.15) is 28.3 Å². The first-order valence-corrected chi connectivity index (χ1v) is 5.36. The molecule has 82 valence electrons. The fourth-order valence-corrected chi connectivity index (χ4v) is 2.23. The summed E-state index contributed by atoms with van der Waals surface area (Å²) in [5, 5.41) is 0. The molecule has 1 unspecified atom stereocenters. The second-order valence-electron chi connectivity index (χ2n) is 4.56. The van der Waals surface area contributed by atoms with Crippen molar-refractivity contribution in [2.24, 2.45) is 5.92 Å². The van der Waals surface area contributed by atoms with E-state index in [1.807, 2.05) is 27.1 Å². The number of ketones is 1. The first-order chi connectivity index (χ1) is 7.08. The highest BCUT2D eigenvalue weighted by molar-refractivity contribution is 6.00. The predicted molar refractivity (Wildman–Crippen MR) is 58.1 cm³/mol. The Kier molecular flexibility index (Phi) is 2.65. The van der Waals surface area contributed by atoms with E-state index >= 15 is 0 Å². The van der Waals surface area contributed by atoms with Crippen LogP contribution in [0.2, 0.25) is 0 Å². The van der Waals surface area contributed by atoms with Crippen LogP contribution in [0.3, 0.4) is 0 Å². The molecule has 0 N–H and O–H groups in total. The summed E-state index contributed by atoms with van der Waals surface area (Å²) in [5.74, 6) is 2.12. The van der Waals surface area contributed by atoms with Crippen LogP contribution in [0.5, 0.6) is 0 Å². The Hall–Kier alpha value is -1.09. The van der Waals surface area contributed by atoms with E-state index in [2.05, 4.69) is 4.90 Å². The van der Waals surface area contributed by atoms with E-state index in [-0.39, 0.29) is 11.7 Å². The van der Waals surface area contributed by atoms with Crippen molar-refractivity contribution in [1.82, 2.24) is 4.90 Å². The molecule has 3 heteroatoms. The van der Waals surface area contributed by atoms with Gasteiger partial charge in [0.25, 0.3) is 0 Å². The van der Waals surface area contributed by atoms with Gasteiger partial charge in [0.05, 0.1) is 5.56 Å². The smallest absolute Gasteiger partial charge is 0.170 e. The van der Waals surface area contributed by atoms with Gasteiger partial charge in [-0.2, -0.15) is 0 Å². The van der Waals surface area contributed by atoms with Crippen molar-refractivity contribution in [3.8, 4) is 0 Å². The molecule has 0 amide bonds. The lowest BCUT2D eigenvalue weighted by molar-refractivity contribution is 0.0872. The molecule has 1 heterocycles. The van der Waals surface area contributed by atoms with Gasteiger partial charge in [-0.3, -0.25) is 4.79 Å². The van der Waals surface area contributed by atoms with Gasteiger partial charge in [0.1, 0.15) is 11.5 Å². The molecule has 3 nitrogen and oxygen atoms in total. The lowest BCUT2D eigenvalue weighted by atomic mass is 9.86. The Morgan fingerprint density at radius 1 is 1.53 bits per heavy atom. The largest absolute Gasteiger partial charge is 0.466 e. The maximum absolute atomic E-state index is 12.1. The van der Waals surface area contributed by atoms with Crippen LogP contribution in [0.15, 0.2) is 10.5 Å². The summed E-state index contributed by atoms with van der Waals surface area (Å²) in [6.45, 7) is 2.73. The minimum atomic E-state index is 0.143. The Balaban J connectivity index is 2.21. The Morgan fingerprint density at radius 2 is 2.27 bits per heavy atom. The normalized spacial score (nSPS) is 20.8. The van der Waals surface area contributed by atoms with Crippen LogP contribution < -0.4 is 0 Å². The molecule has 1 aromatic heterocycles. The molecule has 15 heavy (non-hydrogen) atoms. The van der Waals surface area contributed by atoms with E-state index in [0.29, 0.717) is 0 Å². The van der Waals surface area contributed by atoms with Gasteiger partial charge in [-0.1, -0.05) is 0 Å². The molecule has 0 saturated carbocycles. The highest BCUT2D eigenvalue weighted by Gasteiger charge is 2.30. The second kappa shape index (κ2) is 3.81.